The van der Waals surface area contributed by atoms with E-state index >= 15 is 0 Å². The van der Waals surface area contributed by atoms with Crippen molar-refractivity contribution >= 4 is 20.8 Å². The highest BCUT2D eigenvalue weighted by atomic mass is 32.2. The monoisotopic (exact) mass is 303 g/mol. The summed E-state index contributed by atoms with van der Waals surface area (Å²) in [4.78, 5) is 4.40. The number of pyridine rings is 1. The molecule has 2 unspecified atom stereocenters. The van der Waals surface area contributed by atoms with Crippen LogP contribution in [0.15, 0.2) is 41.6 Å². The minimum absolute atomic E-state index is 0.294. The van der Waals surface area contributed by atoms with E-state index < -0.39 is 10.0 Å². The van der Waals surface area contributed by atoms with E-state index in [1.165, 1.54) is 0 Å². The molecule has 1 aromatic carbocycles. The van der Waals surface area contributed by atoms with Gasteiger partial charge in [-0.15, -0.1) is 0 Å². The predicted molar refractivity (Wildman–Crippen MR) is 80.1 cm³/mol. The van der Waals surface area contributed by atoms with Gasteiger partial charge in [0.25, 0.3) is 0 Å². The molecule has 0 amide bonds. The lowest BCUT2D eigenvalue weighted by Gasteiger charge is -2.30. The van der Waals surface area contributed by atoms with E-state index in [0.29, 0.717) is 23.9 Å². The van der Waals surface area contributed by atoms with Crippen molar-refractivity contribution in [3.8, 4) is 0 Å². The third-order valence-corrected chi connectivity index (χ3v) is 6.64. The third-order valence-electron chi connectivity index (χ3n) is 4.74. The van der Waals surface area contributed by atoms with Crippen molar-refractivity contribution in [2.75, 3.05) is 13.1 Å². The average Bonchev–Trinajstić information content (AvgIpc) is 3.17. The number of fused-ring (bicyclic) bond motifs is 2. The normalized spacial score (nSPS) is 29.3. The van der Waals surface area contributed by atoms with Gasteiger partial charge in [0.1, 0.15) is 0 Å². The van der Waals surface area contributed by atoms with Crippen molar-refractivity contribution in [1.82, 2.24) is 9.29 Å². The lowest BCUT2D eigenvalue weighted by molar-refractivity contribution is 0.308. The van der Waals surface area contributed by atoms with Gasteiger partial charge < -0.3 is 5.73 Å². The molecule has 1 aliphatic heterocycles. The zero-order chi connectivity index (χ0) is 14.7. The first-order valence-corrected chi connectivity index (χ1v) is 8.56. The number of piperidine rings is 1. The lowest BCUT2D eigenvalue weighted by Crippen LogP contribution is -2.47. The van der Waals surface area contributed by atoms with Crippen LogP contribution in [0.1, 0.15) is 12.8 Å². The van der Waals surface area contributed by atoms with Crippen molar-refractivity contribution < 1.29 is 8.42 Å². The van der Waals surface area contributed by atoms with Crippen molar-refractivity contribution in [2.45, 2.75) is 23.3 Å². The summed E-state index contributed by atoms with van der Waals surface area (Å²) >= 11 is 0. The number of nitrogens with zero attached hydrogens (tertiary/aromatic N) is 2. The van der Waals surface area contributed by atoms with E-state index in [-0.39, 0.29) is 5.54 Å². The maximum absolute atomic E-state index is 13.0. The van der Waals surface area contributed by atoms with Crippen LogP contribution in [0.4, 0.5) is 0 Å². The first kappa shape index (κ1) is 13.2. The van der Waals surface area contributed by atoms with E-state index in [4.69, 9.17) is 5.73 Å². The largest absolute Gasteiger partial charge is 0.324 e. The topological polar surface area (TPSA) is 76.3 Å². The van der Waals surface area contributed by atoms with Crippen LogP contribution in [0.3, 0.4) is 0 Å². The zero-order valence-corrected chi connectivity index (χ0v) is 12.4. The van der Waals surface area contributed by atoms with Gasteiger partial charge in [0.2, 0.25) is 10.0 Å². The molecule has 1 aromatic heterocycles. The Morgan fingerprint density at radius 1 is 1.33 bits per heavy atom. The maximum atomic E-state index is 13.0. The van der Waals surface area contributed by atoms with Crippen LogP contribution >= 0.6 is 0 Å². The highest BCUT2D eigenvalue weighted by Crippen LogP contribution is 2.48. The van der Waals surface area contributed by atoms with Gasteiger partial charge in [-0.1, -0.05) is 12.1 Å². The molecule has 0 spiro atoms. The molecule has 0 radical (unpaired) electrons. The van der Waals surface area contributed by atoms with Crippen LogP contribution in [0, 0.1) is 5.92 Å². The zero-order valence-electron chi connectivity index (χ0n) is 11.6. The third kappa shape index (κ3) is 1.97. The molecule has 2 fully saturated rings. The van der Waals surface area contributed by atoms with Gasteiger partial charge in [0, 0.05) is 41.8 Å². The van der Waals surface area contributed by atoms with E-state index in [9.17, 15) is 8.42 Å². The van der Waals surface area contributed by atoms with Crippen LogP contribution in [0.2, 0.25) is 0 Å². The van der Waals surface area contributed by atoms with Crippen molar-refractivity contribution in [3.05, 3.63) is 36.7 Å². The fourth-order valence-corrected chi connectivity index (χ4v) is 5.10. The number of benzene rings is 1. The Labute approximate surface area is 123 Å². The van der Waals surface area contributed by atoms with Gasteiger partial charge in [0.15, 0.2) is 0 Å². The second-order valence-electron chi connectivity index (χ2n) is 6.11. The van der Waals surface area contributed by atoms with Gasteiger partial charge in [-0.25, -0.2) is 8.42 Å². The molecule has 1 aliphatic carbocycles. The summed E-state index contributed by atoms with van der Waals surface area (Å²) in [7, 11) is -3.51. The van der Waals surface area contributed by atoms with E-state index in [1.807, 2.05) is 6.07 Å². The second-order valence-corrected chi connectivity index (χ2v) is 8.02. The molecule has 6 heteroatoms. The molecule has 2 aromatic rings. The maximum Gasteiger partial charge on any atom is 0.243 e. The number of aromatic nitrogens is 1. The summed E-state index contributed by atoms with van der Waals surface area (Å²) in [6.07, 6.45) is 5.12. The van der Waals surface area contributed by atoms with E-state index in [2.05, 4.69) is 4.98 Å². The molecule has 5 nitrogen and oxygen atoms in total. The number of hydrogen-bond donors (Lipinski definition) is 1. The van der Waals surface area contributed by atoms with Crippen LogP contribution in [0.25, 0.3) is 10.8 Å². The molecular weight excluding hydrogens is 286 g/mol. The lowest BCUT2D eigenvalue weighted by atomic mass is 10.1. The van der Waals surface area contributed by atoms with Crippen molar-refractivity contribution in [2.24, 2.45) is 11.7 Å². The number of hydrogen-bond acceptors (Lipinski definition) is 4. The molecule has 1 saturated carbocycles. The van der Waals surface area contributed by atoms with Gasteiger partial charge in [0.05, 0.1) is 4.90 Å². The van der Waals surface area contributed by atoms with Crippen LogP contribution in [0.5, 0.6) is 0 Å². The quantitative estimate of drug-likeness (QED) is 0.908. The molecule has 1 saturated heterocycles. The Bertz CT molecular complexity index is 815. The highest BCUT2D eigenvalue weighted by molar-refractivity contribution is 7.89. The van der Waals surface area contributed by atoms with Crippen LogP contribution < -0.4 is 5.73 Å². The Morgan fingerprint density at radius 3 is 3.00 bits per heavy atom. The summed E-state index contributed by atoms with van der Waals surface area (Å²) in [5.41, 5.74) is 5.92. The second kappa shape index (κ2) is 4.25. The molecule has 0 bridgehead atoms. The van der Waals surface area contributed by atoms with E-state index in [1.54, 1.807) is 34.9 Å². The minimum atomic E-state index is -3.51. The Balaban J connectivity index is 1.80. The Kier molecular flexibility index (Phi) is 2.67. The van der Waals surface area contributed by atoms with E-state index in [0.717, 1.165) is 23.6 Å². The van der Waals surface area contributed by atoms with Gasteiger partial charge in [-0.2, -0.15) is 4.31 Å². The van der Waals surface area contributed by atoms with Crippen molar-refractivity contribution in [1.29, 1.82) is 0 Å². The number of rotatable bonds is 2. The SMILES string of the molecule is NC12CC1CCN(S(=O)(=O)c1cccc3cnccc13)C2. The van der Waals surface area contributed by atoms with Gasteiger partial charge in [-0.05, 0) is 30.9 Å². The molecule has 110 valence electrons. The van der Waals surface area contributed by atoms with Crippen LogP contribution in [-0.2, 0) is 10.0 Å². The first-order valence-electron chi connectivity index (χ1n) is 7.12. The fraction of sp³-hybridized carbons (Fsp3) is 0.400. The first-order chi connectivity index (χ1) is 10.0. The smallest absolute Gasteiger partial charge is 0.243 e. The molecule has 4 rings (SSSR count). The van der Waals surface area contributed by atoms with Gasteiger partial charge in [-0.3, -0.25) is 4.98 Å². The van der Waals surface area contributed by atoms with Crippen LogP contribution in [-0.4, -0.2) is 36.3 Å². The van der Waals surface area contributed by atoms with Gasteiger partial charge >= 0.3 is 0 Å². The summed E-state index contributed by atoms with van der Waals surface area (Å²) in [5, 5.41) is 1.55. The molecule has 2 atom stereocenters. The highest BCUT2D eigenvalue weighted by Gasteiger charge is 2.55. The van der Waals surface area contributed by atoms with Crippen molar-refractivity contribution in [3.63, 3.8) is 0 Å². The summed E-state index contributed by atoms with van der Waals surface area (Å²) in [5.74, 6) is 0.501. The molecule has 2 heterocycles. The predicted octanol–water partition coefficient (Wildman–Crippen LogP) is 1.35. The molecule has 2 aliphatic rings. The summed E-state index contributed by atoms with van der Waals surface area (Å²) in [6.45, 7) is 0.995. The Morgan fingerprint density at radius 2 is 2.19 bits per heavy atom. The summed E-state index contributed by atoms with van der Waals surface area (Å²) in [6, 6.07) is 7.06. The molecule has 2 N–H and O–H groups in total. The average molecular weight is 303 g/mol. The fourth-order valence-electron chi connectivity index (χ4n) is 3.35. The number of sulfonamides is 1. The minimum Gasteiger partial charge on any atom is -0.324 e. The molecule has 21 heavy (non-hydrogen) atoms. The number of nitrogens with two attached hydrogens (primary N) is 1. The molecular formula is C15H17N3O2S. The summed E-state index contributed by atoms with van der Waals surface area (Å²) < 4.78 is 27.5. The standard InChI is InChI=1S/C15H17N3O2S/c16-15-8-12(15)5-7-18(10-15)21(19,20)14-3-1-2-11-9-17-6-4-13(11)14/h1-4,6,9,12H,5,7-8,10,16H2. The Hall–Kier alpha value is -1.50.